The molecule has 0 radical (unpaired) electrons. The number of hydrogen-bond donors (Lipinski definition) is 1. The minimum atomic E-state index is 0.540. The lowest BCUT2D eigenvalue weighted by Gasteiger charge is -2.14. The fourth-order valence-electron chi connectivity index (χ4n) is 2.51. The molecule has 0 unspecified atom stereocenters. The highest BCUT2D eigenvalue weighted by Gasteiger charge is 2.15. The lowest BCUT2D eigenvalue weighted by molar-refractivity contribution is 0.324. The van der Waals surface area contributed by atoms with Crippen LogP contribution >= 0.6 is 0 Å². The molecule has 0 fully saturated rings. The van der Waals surface area contributed by atoms with Crippen LogP contribution in [0, 0.1) is 0 Å². The van der Waals surface area contributed by atoms with Crippen molar-refractivity contribution in [2.24, 2.45) is 0 Å². The molecule has 0 spiro atoms. The number of nitrogens with one attached hydrogen (secondary N) is 1. The average molecular weight is 352 g/mol. The summed E-state index contributed by atoms with van der Waals surface area (Å²) in [6, 6.07) is 7.59. The van der Waals surface area contributed by atoms with Crippen molar-refractivity contribution in [2.45, 2.75) is 6.54 Å². The van der Waals surface area contributed by atoms with Crippen LogP contribution in [0.3, 0.4) is 0 Å². The summed E-state index contributed by atoms with van der Waals surface area (Å²) in [7, 11) is 4.74. The maximum absolute atomic E-state index is 5.40. The van der Waals surface area contributed by atoms with Gasteiger partial charge in [0.15, 0.2) is 11.5 Å². The van der Waals surface area contributed by atoms with Crippen LogP contribution in [-0.2, 0) is 6.54 Å². The van der Waals surface area contributed by atoms with E-state index in [0.717, 1.165) is 11.1 Å². The Morgan fingerprint density at radius 1 is 0.885 bits per heavy atom. The highest BCUT2D eigenvalue weighted by atomic mass is 16.5. The van der Waals surface area contributed by atoms with Gasteiger partial charge in [-0.3, -0.25) is 9.97 Å². The van der Waals surface area contributed by atoms with Crippen LogP contribution < -0.4 is 19.5 Å². The highest BCUT2D eigenvalue weighted by Crippen LogP contribution is 2.40. The van der Waals surface area contributed by atoms with E-state index in [-0.39, 0.29) is 0 Å². The third-order valence-electron chi connectivity index (χ3n) is 3.82. The van der Waals surface area contributed by atoms with E-state index >= 15 is 0 Å². The monoisotopic (exact) mass is 352 g/mol. The zero-order chi connectivity index (χ0) is 18.4. The molecule has 2 heterocycles. The Morgan fingerprint density at radius 2 is 1.58 bits per heavy atom. The fraction of sp³-hybridized carbons (Fsp3) is 0.211. The van der Waals surface area contributed by atoms with Gasteiger partial charge >= 0.3 is 0 Å². The van der Waals surface area contributed by atoms with E-state index in [9.17, 15) is 0 Å². The van der Waals surface area contributed by atoms with Gasteiger partial charge in [0.2, 0.25) is 5.75 Å². The molecule has 7 heteroatoms. The summed E-state index contributed by atoms with van der Waals surface area (Å²) in [5.41, 5.74) is 2.63. The van der Waals surface area contributed by atoms with Gasteiger partial charge in [-0.2, -0.15) is 0 Å². The van der Waals surface area contributed by atoms with Crippen molar-refractivity contribution in [1.82, 2.24) is 15.0 Å². The van der Waals surface area contributed by atoms with Gasteiger partial charge in [0.1, 0.15) is 5.82 Å². The molecule has 7 nitrogen and oxygen atoms in total. The number of benzene rings is 1. The topological polar surface area (TPSA) is 78.4 Å². The zero-order valence-corrected chi connectivity index (χ0v) is 14.9. The van der Waals surface area contributed by atoms with E-state index < -0.39 is 0 Å². The molecule has 0 aliphatic heterocycles. The molecule has 0 atom stereocenters. The molecule has 134 valence electrons. The van der Waals surface area contributed by atoms with Crippen LogP contribution in [0.25, 0.3) is 11.3 Å². The van der Waals surface area contributed by atoms with E-state index in [2.05, 4.69) is 20.3 Å². The van der Waals surface area contributed by atoms with Gasteiger partial charge in [0.25, 0.3) is 0 Å². The number of rotatable bonds is 7. The number of aromatic nitrogens is 3. The lowest BCUT2D eigenvalue weighted by Crippen LogP contribution is -2.03. The standard InChI is InChI=1S/C19H20N4O3/c1-24-16-8-14(9-17(25-2)19(16)26-3)15-11-21-12-18(23-15)22-10-13-4-6-20-7-5-13/h4-9,11-12H,10H2,1-3H3,(H,22,23). The van der Waals surface area contributed by atoms with Crippen molar-refractivity contribution >= 4 is 5.82 Å². The first kappa shape index (κ1) is 17.5. The van der Waals surface area contributed by atoms with Crippen LogP contribution in [0.15, 0.2) is 49.1 Å². The minimum absolute atomic E-state index is 0.540. The average Bonchev–Trinajstić information content (AvgIpc) is 2.72. The number of methoxy groups -OCH3 is 3. The van der Waals surface area contributed by atoms with E-state index in [0.29, 0.717) is 35.3 Å². The predicted octanol–water partition coefficient (Wildman–Crippen LogP) is 3.18. The first-order valence-corrected chi connectivity index (χ1v) is 8.00. The summed E-state index contributed by atoms with van der Waals surface area (Å²) in [5, 5.41) is 3.26. The maximum Gasteiger partial charge on any atom is 0.203 e. The molecule has 0 saturated heterocycles. The summed E-state index contributed by atoms with van der Waals surface area (Å²) < 4.78 is 16.2. The van der Waals surface area contributed by atoms with E-state index in [4.69, 9.17) is 14.2 Å². The molecule has 0 aliphatic rings. The second kappa shape index (κ2) is 8.15. The fourth-order valence-corrected chi connectivity index (χ4v) is 2.51. The molecular formula is C19H20N4O3. The Bertz CT molecular complexity index is 847. The van der Waals surface area contributed by atoms with Gasteiger partial charge < -0.3 is 19.5 Å². The molecule has 0 saturated carbocycles. The predicted molar refractivity (Wildman–Crippen MR) is 98.7 cm³/mol. The molecule has 0 aliphatic carbocycles. The molecule has 2 aromatic heterocycles. The summed E-state index contributed by atoms with van der Waals surface area (Å²) in [6.45, 7) is 0.635. The van der Waals surface area contributed by atoms with Crippen LogP contribution in [0.5, 0.6) is 17.2 Å². The first-order chi connectivity index (χ1) is 12.7. The molecule has 1 N–H and O–H groups in total. The van der Waals surface area contributed by atoms with E-state index in [1.165, 1.54) is 0 Å². The molecule has 3 aromatic rings. The van der Waals surface area contributed by atoms with Gasteiger partial charge in [-0.15, -0.1) is 0 Å². The Kier molecular flexibility index (Phi) is 5.48. The third-order valence-corrected chi connectivity index (χ3v) is 3.82. The third kappa shape index (κ3) is 3.83. The molecular weight excluding hydrogens is 332 g/mol. The van der Waals surface area contributed by atoms with E-state index in [1.54, 1.807) is 46.1 Å². The van der Waals surface area contributed by atoms with Crippen molar-refractivity contribution < 1.29 is 14.2 Å². The van der Waals surface area contributed by atoms with Crippen molar-refractivity contribution in [2.75, 3.05) is 26.6 Å². The second-order valence-corrected chi connectivity index (χ2v) is 5.41. The van der Waals surface area contributed by atoms with Crippen LogP contribution in [0.2, 0.25) is 0 Å². The summed E-state index contributed by atoms with van der Waals surface area (Å²) in [5.74, 6) is 2.35. The number of pyridine rings is 1. The number of anilines is 1. The summed E-state index contributed by atoms with van der Waals surface area (Å²) >= 11 is 0. The van der Waals surface area contributed by atoms with Crippen molar-refractivity contribution in [3.05, 3.63) is 54.6 Å². The maximum atomic E-state index is 5.40. The van der Waals surface area contributed by atoms with Crippen LogP contribution in [-0.4, -0.2) is 36.3 Å². The van der Waals surface area contributed by atoms with Gasteiger partial charge in [-0.05, 0) is 29.8 Å². The van der Waals surface area contributed by atoms with Gasteiger partial charge in [-0.25, -0.2) is 4.98 Å². The van der Waals surface area contributed by atoms with Crippen molar-refractivity contribution in [3.8, 4) is 28.5 Å². The van der Waals surface area contributed by atoms with Crippen LogP contribution in [0.1, 0.15) is 5.56 Å². The van der Waals surface area contributed by atoms with Gasteiger partial charge in [0.05, 0.1) is 39.4 Å². The Labute approximate surface area is 152 Å². The zero-order valence-electron chi connectivity index (χ0n) is 14.9. The second-order valence-electron chi connectivity index (χ2n) is 5.41. The molecule has 1 aromatic carbocycles. The molecule has 26 heavy (non-hydrogen) atoms. The highest BCUT2D eigenvalue weighted by molar-refractivity contribution is 5.69. The summed E-state index contributed by atoms with van der Waals surface area (Å²) in [6.07, 6.45) is 6.89. The minimum Gasteiger partial charge on any atom is -0.493 e. The van der Waals surface area contributed by atoms with Crippen LogP contribution in [0.4, 0.5) is 5.82 Å². The normalized spacial score (nSPS) is 10.3. The lowest BCUT2D eigenvalue weighted by atomic mass is 10.1. The smallest absolute Gasteiger partial charge is 0.203 e. The quantitative estimate of drug-likeness (QED) is 0.699. The van der Waals surface area contributed by atoms with Crippen molar-refractivity contribution in [3.63, 3.8) is 0 Å². The SMILES string of the molecule is COc1cc(-c2cncc(NCc3ccncc3)n2)cc(OC)c1OC. The Morgan fingerprint density at radius 3 is 2.19 bits per heavy atom. The summed E-state index contributed by atoms with van der Waals surface area (Å²) in [4.78, 5) is 12.9. The van der Waals surface area contributed by atoms with E-state index in [1.807, 2.05) is 24.3 Å². The Hall–Kier alpha value is -3.35. The molecule has 3 rings (SSSR count). The molecule has 0 bridgehead atoms. The van der Waals surface area contributed by atoms with Crippen molar-refractivity contribution in [1.29, 1.82) is 0 Å². The number of nitrogens with zero attached hydrogens (tertiary/aromatic N) is 3. The Balaban J connectivity index is 1.88. The molecule has 0 amide bonds. The largest absolute Gasteiger partial charge is 0.493 e. The number of hydrogen-bond acceptors (Lipinski definition) is 7. The first-order valence-electron chi connectivity index (χ1n) is 8.00. The van der Waals surface area contributed by atoms with Gasteiger partial charge in [-0.1, -0.05) is 0 Å². The number of ether oxygens (including phenoxy) is 3. The van der Waals surface area contributed by atoms with Gasteiger partial charge in [0, 0.05) is 24.5 Å².